The fourth-order valence-corrected chi connectivity index (χ4v) is 1.88. The first-order valence-electron chi connectivity index (χ1n) is 6.53. The second kappa shape index (κ2) is 6.89. The Hall–Kier alpha value is -2.63. The normalized spacial score (nSPS) is 11.2. The van der Waals surface area contributed by atoms with Crippen LogP contribution in [0.25, 0.3) is 0 Å². The molecule has 0 spiro atoms. The van der Waals surface area contributed by atoms with E-state index in [1.54, 1.807) is 39.3 Å². The Morgan fingerprint density at radius 3 is 2.45 bits per heavy atom. The zero-order chi connectivity index (χ0) is 16.1. The summed E-state index contributed by atoms with van der Waals surface area (Å²) >= 11 is 0. The summed E-state index contributed by atoms with van der Waals surface area (Å²) in [7, 11) is 3.10. The first kappa shape index (κ1) is 15.8. The zero-order valence-corrected chi connectivity index (χ0v) is 12.5. The molecule has 0 aliphatic carbocycles. The number of rotatable bonds is 5. The summed E-state index contributed by atoms with van der Waals surface area (Å²) in [6.07, 6.45) is 0. The average Bonchev–Trinajstić information content (AvgIpc) is 2.53. The smallest absolute Gasteiger partial charge is 0.151 e. The van der Waals surface area contributed by atoms with Crippen LogP contribution in [-0.2, 0) is 0 Å². The van der Waals surface area contributed by atoms with Gasteiger partial charge in [-0.1, -0.05) is 0 Å². The maximum absolute atomic E-state index is 13.5. The number of hydrazone groups is 1. The maximum atomic E-state index is 13.5. The average molecular weight is 306 g/mol. The molecule has 0 saturated heterocycles. The van der Waals surface area contributed by atoms with Crippen LogP contribution in [0.15, 0.2) is 41.5 Å². The number of nitrogens with one attached hydrogen (secondary N) is 1. The zero-order valence-electron chi connectivity index (χ0n) is 12.5. The second-order valence-corrected chi connectivity index (χ2v) is 4.50. The van der Waals surface area contributed by atoms with E-state index in [1.807, 2.05) is 0 Å². The molecule has 0 aliphatic heterocycles. The molecule has 1 N–H and O–H groups in total. The van der Waals surface area contributed by atoms with E-state index >= 15 is 0 Å². The van der Waals surface area contributed by atoms with Crippen LogP contribution in [0.5, 0.6) is 11.5 Å². The van der Waals surface area contributed by atoms with Crippen LogP contribution in [0, 0.1) is 11.6 Å². The van der Waals surface area contributed by atoms with E-state index in [0.717, 1.165) is 17.7 Å². The van der Waals surface area contributed by atoms with Crippen molar-refractivity contribution in [1.29, 1.82) is 0 Å². The molecule has 0 amide bonds. The number of halogens is 2. The molecule has 0 radical (unpaired) electrons. The highest BCUT2D eigenvalue weighted by molar-refractivity contribution is 6.01. The van der Waals surface area contributed by atoms with Crippen LogP contribution in [0.1, 0.15) is 12.5 Å². The van der Waals surface area contributed by atoms with Crippen molar-refractivity contribution in [3.05, 3.63) is 53.6 Å². The molecule has 2 aromatic rings. The fourth-order valence-electron chi connectivity index (χ4n) is 1.88. The van der Waals surface area contributed by atoms with E-state index in [-0.39, 0.29) is 5.69 Å². The molecule has 116 valence electrons. The molecule has 0 aromatic heterocycles. The lowest BCUT2D eigenvalue weighted by Gasteiger charge is -2.10. The number of anilines is 1. The van der Waals surface area contributed by atoms with Gasteiger partial charge in [0.1, 0.15) is 17.3 Å². The SMILES string of the molecule is COc1ccc(/C(C)=N/Nc2ccc(F)cc2F)c(OC)c1. The molecule has 2 aromatic carbocycles. The van der Waals surface area contributed by atoms with E-state index in [2.05, 4.69) is 10.5 Å². The van der Waals surface area contributed by atoms with Gasteiger partial charge in [-0.2, -0.15) is 5.10 Å². The fraction of sp³-hybridized carbons (Fsp3) is 0.188. The van der Waals surface area contributed by atoms with E-state index in [1.165, 1.54) is 6.07 Å². The van der Waals surface area contributed by atoms with Crippen molar-refractivity contribution in [3.8, 4) is 11.5 Å². The Morgan fingerprint density at radius 1 is 1.05 bits per heavy atom. The van der Waals surface area contributed by atoms with Crippen LogP contribution < -0.4 is 14.9 Å². The molecule has 0 fully saturated rings. The number of hydrogen-bond acceptors (Lipinski definition) is 4. The van der Waals surface area contributed by atoms with Crippen molar-refractivity contribution in [2.75, 3.05) is 19.6 Å². The molecular formula is C16H16F2N2O2. The second-order valence-electron chi connectivity index (χ2n) is 4.50. The lowest BCUT2D eigenvalue weighted by atomic mass is 10.1. The highest BCUT2D eigenvalue weighted by atomic mass is 19.1. The van der Waals surface area contributed by atoms with Crippen molar-refractivity contribution in [2.45, 2.75) is 6.92 Å². The van der Waals surface area contributed by atoms with Crippen molar-refractivity contribution < 1.29 is 18.3 Å². The molecule has 4 nitrogen and oxygen atoms in total. The molecule has 22 heavy (non-hydrogen) atoms. The number of benzene rings is 2. The minimum atomic E-state index is -0.710. The standard InChI is InChI=1S/C16H16F2N2O2/c1-10(13-6-5-12(21-2)9-16(13)22-3)19-20-15-7-4-11(17)8-14(15)18/h4-9,20H,1-3H3/b19-10+. The number of hydrogen-bond donors (Lipinski definition) is 1. The maximum Gasteiger partial charge on any atom is 0.151 e. The van der Waals surface area contributed by atoms with Crippen molar-refractivity contribution in [1.82, 2.24) is 0 Å². The van der Waals surface area contributed by atoms with Gasteiger partial charge in [-0.05, 0) is 31.2 Å². The Morgan fingerprint density at radius 2 is 1.82 bits per heavy atom. The Labute approximate surface area is 127 Å². The van der Waals surface area contributed by atoms with Crippen molar-refractivity contribution in [2.24, 2.45) is 5.10 Å². The summed E-state index contributed by atoms with van der Waals surface area (Å²) in [4.78, 5) is 0. The van der Waals surface area contributed by atoms with E-state index < -0.39 is 11.6 Å². The summed E-state index contributed by atoms with van der Waals surface area (Å²) in [5.41, 5.74) is 3.99. The number of methoxy groups -OCH3 is 2. The number of ether oxygens (including phenoxy) is 2. The van der Waals surface area contributed by atoms with Crippen LogP contribution in [0.3, 0.4) is 0 Å². The topological polar surface area (TPSA) is 42.8 Å². The van der Waals surface area contributed by atoms with Gasteiger partial charge in [0.15, 0.2) is 5.82 Å². The quantitative estimate of drug-likeness (QED) is 0.674. The number of nitrogens with zero attached hydrogens (tertiary/aromatic N) is 1. The highest BCUT2D eigenvalue weighted by Crippen LogP contribution is 2.25. The van der Waals surface area contributed by atoms with Gasteiger partial charge in [-0.25, -0.2) is 8.78 Å². The molecule has 6 heteroatoms. The van der Waals surface area contributed by atoms with Gasteiger partial charge < -0.3 is 9.47 Å². The van der Waals surface area contributed by atoms with Crippen molar-refractivity contribution in [3.63, 3.8) is 0 Å². The molecule has 0 saturated carbocycles. The van der Waals surface area contributed by atoms with Crippen LogP contribution in [-0.4, -0.2) is 19.9 Å². The van der Waals surface area contributed by atoms with Gasteiger partial charge in [0.2, 0.25) is 0 Å². The highest BCUT2D eigenvalue weighted by Gasteiger charge is 2.09. The molecule has 0 heterocycles. The predicted octanol–water partition coefficient (Wildman–Crippen LogP) is 3.82. The van der Waals surface area contributed by atoms with E-state index in [0.29, 0.717) is 17.2 Å². The summed E-state index contributed by atoms with van der Waals surface area (Å²) < 4.78 is 36.8. The Bertz CT molecular complexity index is 703. The van der Waals surface area contributed by atoms with E-state index in [9.17, 15) is 8.78 Å². The molecule has 0 aliphatic rings. The minimum Gasteiger partial charge on any atom is -0.497 e. The Balaban J connectivity index is 2.25. The summed E-state index contributed by atoms with van der Waals surface area (Å²) in [5.74, 6) is -0.105. The first-order chi connectivity index (χ1) is 10.5. The van der Waals surface area contributed by atoms with Crippen LogP contribution >= 0.6 is 0 Å². The third-order valence-electron chi connectivity index (χ3n) is 3.07. The largest absolute Gasteiger partial charge is 0.497 e. The van der Waals surface area contributed by atoms with Gasteiger partial charge in [-0.15, -0.1) is 0 Å². The lowest BCUT2D eigenvalue weighted by Crippen LogP contribution is -2.03. The summed E-state index contributed by atoms with van der Waals surface area (Å²) in [6, 6.07) is 8.53. The van der Waals surface area contributed by atoms with Gasteiger partial charge in [0.25, 0.3) is 0 Å². The van der Waals surface area contributed by atoms with Gasteiger partial charge in [0.05, 0.1) is 25.6 Å². The van der Waals surface area contributed by atoms with Crippen LogP contribution in [0.4, 0.5) is 14.5 Å². The van der Waals surface area contributed by atoms with Gasteiger partial charge in [0, 0.05) is 17.7 Å². The predicted molar refractivity (Wildman–Crippen MR) is 81.7 cm³/mol. The third-order valence-corrected chi connectivity index (χ3v) is 3.07. The first-order valence-corrected chi connectivity index (χ1v) is 6.53. The molecule has 0 unspecified atom stereocenters. The molecular weight excluding hydrogens is 290 g/mol. The Kier molecular flexibility index (Phi) is 4.93. The lowest BCUT2D eigenvalue weighted by molar-refractivity contribution is 0.394. The summed E-state index contributed by atoms with van der Waals surface area (Å²) in [5, 5.41) is 4.10. The monoisotopic (exact) mass is 306 g/mol. The molecule has 2 rings (SSSR count). The molecule has 0 bridgehead atoms. The van der Waals surface area contributed by atoms with Crippen LogP contribution in [0.2, 0.25) is 0 Å². The van der Waals surface area contributed by atoms with Gasteiger partial charge in [-0.3, -0.25) is 5.43 Å². The minimum absolute atomic E-state index is 0.0910. The summed E-state index contributed by atoms with van der Waals surface area (Å²) in [6.45, 7) is 1.75. The van der Waals surface area contributed by atoms with Crippen molar-refractivity contribution >= 4 is 11.4 Å². The van der Waals surface area contributed by atoms with Gasteiger partial charge >= 0.3 is 0 Å². The third kappa shape index (κ3) is 3.52. The van der Waals surface area contributed by atoms with E-state index in [4.69, 9.17) is 9.47 Å². The molecule has 0 atom stereocenters.